The molecule has 2 aromatic heterocycles. The summed E-state index contributed by atoms with van der Waals surface area (Å²) in [4.78, 5) is 24.8. The topological polar surface area (TPSA) is 81.8 Å². The fourth-order valence-electron chi connectivity index (χ4n) is 2.92. The van der Waals surface area contributed by atoms with Crippen LogP contribution in [0.15, 0.2) is 52.6 Å². The molecule has 0 spiro atoms. The van der Waals surface area contributed by atoms with Gasteiger partial charge in [0, 0.05) is 6.54 Å². The first-order valence-electron chi connectivity index (χ1n) is 8.11. The number of amides is 1. The van der Waals surface area contributed by atoms with E-state index in [9.17, 15) is 9.59 Å². The molecule has 0 bridgehead atoms. The van der Waals surface area contributed by atoms with Crippen molar-refractivity contribution in [2.45, 2.75) is 24.8 Å². The second-order valence-corrected chi connectivity index (χ2v) is 6.98. The zero-order valence-electron chi connectivity index (χ0n) is 13.5. The van der Waals surface area contributed by atoms with Gasteiger partial charge in [-0.2, -0.15) is 9.36 Å². The predicted molar refractivity (Wildman–Crippen MR) is 93.9 cm³/mol. The fourth-order valence-corrected chi connectivity index (χ4v) is 3.58. The SMILES string of the molecule is O=C(NCCn1nnn(-c2cccs2)c1=O)C1(c2ccccc2)CC1. The lowest BCUT2D eigenvalue weighted by atomic mass is 9.95. The van der Waals surface area contributed by atoms with Crippen LogP contribution in [0.5, 0.6) is 0 Å². The highest BCUT2D eigenvalue weighted by molar-refractivity contribution is 7.12. The molecule has 1 aromatic carbocycles. The molecule has 7 nitrogen and oxygen atoms in total. The summed E-state index contributed by atoms with van der Waals surface area (Å²) in [5.41, 5.74) is 0.343. The first-order valence-corrected chi connectivity index (χ1v) is 8.99. The number of thiophene rings is 1. The number of carbonyl (C=O) groups is 1. The van der Waals surface area contributed by atoms with Crippen LogP contribution in [0.2, 0.25) is 0 Å². The van der Waals surface area contributed by atoms with E-state index in [-0.39, 0.29) is 11.6 Å². The van der Waals surface area contributed by atoms with E-state index in [2.05, 4.69) is 15.7 Å². The van der Waals surface area contributed by atoms with Gasteiger partial charge in [-0.1, -0.05) is 30.3 Å². The number of benzene rings is 1. The molecule has 25 heavy (non-hydrogen) atoms. The molecule has 0 radical (unpaired) electrons. The number of nitrogens with zero attached hydrogens (tertiary/aromatic N) is 4. The Morgan fingerprint density at radius 3 is 2.64 bits per heavy atom. The molecular formula is C17H17N5O2S. The van der Waals surface area contributed by atoms with Crippen molar-refractivity contribution >= 4 is 17.2 Å². The van der Waals surface area contributed by atoms with Crippen LogP contribution in [0, 0.1) is 0 Å². The van der Waals surface area contributed by atoms with Crippen LogP contribution in [0.3, 0.4) is 0 Å². The second kappa shape index (κ2) is 6.29. The fraction of sp³-hybridized carbons (Fsp3) is 0.294. The minimum Gasteiger partial charge on any atom is -0.353 e. The summed E-state index contributed by atoms with van der Waals surface area (Å²) in [7, 11) is 0. The van der Waals surface area contributed by atoms with Crippen LogP contribution in [0.25, 0.3) is 5.00 Å². The summed E-state index contributed by atoms with van der Waals surface area (Å²) in [6.07, 6.45) is 1.72. The quantitative estimate of drug-likeness (QED) is 0.723. The van der Waals surface area contributed by atoms with Gasteiger partial charge in [0.1, 0.15) is 5.00 Å². The van der Waals surface area contributed by atoms with Crippen molar-refractivity contribution in [2.75, 3.05) is 6.54 Å². The summed E-state index contributed by atoms with van der Waals surface area (Å²) >= 11 is 1.42. The van der Waals surface area contributed by atoms with E-state index < -0.39 is 5.41 Å². The van der Waals surface area contributed by atoms with Crippen molar-refractivity contribution in [1.29, 1.82) is 0 Å². The lowest BCUT2D eigenvalue weighted by Crippen LogP contribution is -2.38. The van der Waals surface area contributed by atoms with Crippen LogP contribution < -0.4 is 11.0 Å². The molecule has 2 heterocycles. The first-order chi connectivity index (χ1) is 12.2. The summed E-state index contributed by atoms with van der Waals surface area (Å²) in [6, 6.07) is 13.5. The van der Waals surface area contributed by atoms with E-state index in [0.717, 1.165) is 23.4 Å². The normalized spacial score (nSPS) is 15.0. The summed E-state index contributed by atoms with van der Waals surface area (Å²) in [6.45, 7) is 0.636. The Bertz CT molecular complexity index is 926. The molecule has 3 aromatic rings. The zero-order chi connectivity index (χ0) is 17.3. The standard InChI is InChI=1S/C17H17N5O2S/c23-15(17(8-9-17)13-5-2-1-3-6-13)18-10-11-21-16(24)22(20-19-21)14-7-4-12-25-14/h1-7,12H,8-11H2,(H,18,23). The number of rotatable bonds is 6. The van der Waals surface area contributed by atoms with Crippen LogP contribution in [0.1, 0.15) is 18.4 Å². The minimum absolute atomic E-state index is 0.0115. The van der Waals surface area contributed by atoms with Gasteiger partial charge in [0.15, 0.2) is 0 Å². The molecule has 4 rings (SSSR count). The van der Waals surface area contributed by atoms with Gasteiger partial charge in [0.05, 0.1) is 12.0 Å². The Balaban J connectivity index is 1.39. The number of hydrogen-bond donors (Lipinski definition) is 1. The largest absolute Gasteiger partial charge is 0.369 e. The Morgan fingerprint density at radius 2 is 1.96 bits per heavy atom. The van der Waals surface area contributed by atoms with Gasteiger partial charge < -0.3 is 5.32 Å². The van der Waals surface area contributed by atoms with Crippen molar-refractivity contribution in [3.8, 4) is 5.00 Å². The number of aromatic nitrogens is 4. The molecule has 1 saturated carbocycles. The van der Waals surface area contributed by atoms with E-state index >= 15 is 0 Å². The Hall–Kier alpha value is -2.74. The van der Waals surface area contributed by atoms with Crippen molar-refractivity contribution in [3.05, 3.63) is 63.9 Å². The molecule has 0 atom stereocenters. The third-order valence-corrected chi connectivity index (χ3v) is 5.32. The third kappa shape index (κ3) is 2.89. The molecule has 128 valence electrons. The maximum atomic E-state index is 12.6. The van der Waals surface area contributed by atoms with Gasteiger partial charge in [-0.05, 0) is 46.3 Å². The number of tetrazole rings is 1. The molecule has 1 amide bonds. The van der Waals surface area contributed by atoms with Gasteiger partial charge in [0.2, 0.25) is 5.91 Å². The summed E-state index contributed by atoms with van der Waals surface area (Å²) in [5, 5.41) is 13.3. The third-order valence-electron chi connectivity index (χ3n) is 4.47. The van der Waals surface area contributed by atoms with E-state index in [4.69, 9.17) is 0 Å². The number of carbonyl (C=O) groups excluding carboxylic acids is 1. The summed E-state index contributed by atoms with van der Waals surface area (Å²) in [5.74, 6) is 0.0115. The van der Waals surface area contributed by atoms with Gasteiger partial charge in [-0.3, -0.25) is 4.79 Å². The first kappa shape index (κ1) is 15.8. The van der Waals surface area contributed by atoms with Gasteiger partial charge >= 0.3 is 5.69 Å². The average Bonchev–Trinajstić information content (AvgIpc) is 3.13. The molecule has 8 heteroatoms. The lowest BCUT2D eigenvalue weighted by molar-refractivity contribution is -0.123. The van der Waals surface area contributed by atoms with Crippen molar-refractivity contribution in [3.63, 3.8) is 0 Å². The molecular weight excluding hydrogens is 338 g/mol. The molecule has 1 N–H and O–H groups in total. The average molecular weight is 355 g/mol. The molecule has 0 aliphatic heterocycles. The van der Waals surface area contributed by atoms with Gasteiger partial charge in [0.25, 0.3) is 0 Å². The van der Waals surface area contributed by atoms with Crippen molar-refractivity contribution < 1.29 is 4.79 Å². The maximum absolute atomic E-state index is 12.6. The van der Waals surface area contributed by atoms with Crippen molar-refractivity contribution in [1.82, 2.24) is 25.1 Å². The highest BCUT2D eigenvalue weighted by Crippen LogP contribution is 2.48. The highest BCUT2D eigenvalue weighted by Gasteiger charge is 2.50. The molecule has 1 aliphatic rings. The van der Waals surface area contributed by atoms with E-state index in [1.54, 1.807) is 0 Å². The number of hydrogen-bond acceptors (Lipinski definition) is 5. The van der Waals surface area contributed by atoms with E-state index in [0.29, 0.717) is 13.1 Å². The Labute approximate surface area is 147 Å². The molecule has 1 fully saturated rings. The zero-order valence-corrected chi connectivity index (χ0v) is 14.3. The summed E-state index contributed by atoms with van der Waals surface area (Å²) < 4.78 is 2.53. The van der Waals surface area contributed by atoms with Gasteiger partial charge in [-0.25, -0.2) is 4.79 Å². The van der Waals surface area contributed by atoms with Crippen LogP contribution >= 0.6 is 11.3 Å². The Kier molecular flexibility index (Phi) is 3.96. The molecule has 1 aliphatic carbocycles. The highest BCUT2D eigenvalue weighted by atomic mass is 32.1. The van der Waals surface area contributed by atoms with E-state index in [1.807, 2.05) is 47.8 Å². The van der Waals surface area contributed by atoms with E-state index in [1.165, 1.54) is 20.7 Å². The van der Waals surface area contributed by atoms with Crippen LogP contribution in [-0.4, -0.2) is 32.2 Å². The monoisotopic (exact) mass is 355 g/mol. The predicted octanol–water partition coefficient (Wildman–Crippen LogP) is 1.34. The smallest absolute Gasteiger partial charge is 0.353 e. The Morgan fingerprint density at radius 1 is 1.16 bits per heavy atom. The van der Waals surface area contributed by atoms with Gasteiger partial charge in [-0.15, -0.1) is 11.3 Å². The minimum atomic E-state index is -0.402. The molecule has 0 unspecified atom stereocenters. The molecule has 0 saturated heterocycles. The maximum Gasteiger partial charge on any atom is 0.369 e. The second-order valence-electron chi connectivity index (χ2n) is 6.05. The van der Waals surface area contributed by atoms with Crippen LogP contribution in [-0.2, 0) is 16.8 Å². The van der Waals surface area contributed by atoms with Crippen molar-refractivity contribution in [2.24, 2.45) is 0 Å². The van der Waals surface area contributed by atoms with Crippen LogP contribution in [0.4, 0.5) is 0 Å². The number of nitrogens with one attached hydrogen (secondary N) is 1. The lowest BCUT2D eigenvalue weighted by Gasteiger charge is -2.15.